The van der Waals surface area contributed by atoms with Crippen molar-refractivity contribution in [2.45, 2.75) is 220 Å². The lowest BCUT2D eigenvalue weighted by atomic mass is 9.94. The molecule has 4 aliphatic heterocycles. The Labute approximate surface area is 475 Å². The summed E-state index contributed by atoms with van der Waals surface area (Å²) in [5, 5.41) is 76.8. The molecule has 4 aliphatic rings. The van der Waals surface area contributed by atoms with E-state index >= 15 is 0 Å². The van der Waals surface area contributed by atoms with Crippen molar-refractivity contribution in [2.75, 3.05) is 13.2 Å². The summed E-state index contributed by atoms with van der Waals surface area (Å²) in [6, 6.07) is -5.05. The fourth-order valence-electron chi connectivity index (χ4n) is 9.22. The van der Waals surface area contributed by atoms with Crippen molar-refractivity contribution in [3.05, 3.63) is 0 Å². The van der Waals surface area contributed by atoms with Gasteiger partial charge in [-0.25, -0.2) is 22.1 Å². The highest BCUT2D eigenvalue weighted by Gasteiger charge is 2.60. The highest BCUT2D eigenvalue weighted by Crippen LogP contribution is 2.37. The number of ether oxygens (including phenoxy) is 8. The van der Waals surface area contributed by atoms with Crippen LogP contribution in [0, 0.1) is 0 Å². The number of hydrogen-bond acceptors (Lipinski definition) is 29. The molecule has 4 fully saturated rings. The van der Waals surface area contributed by atoms with Gasteiger partial charge in [0.05, 0.1) is 12.7 Å². The number of aliphatic carboxylic acids is 2. The normalized spacial score (nSPS) is 35.0. The number of nitrogens with one attached hydrogen (secondary N) is 2. The molecule has 20 unspecified atom stereocenters. The largest absolute Gasteiger partial charge is 0.479 e. The van der Waals surface area contributed by atoms with Crippen LogP contribution >= 0.6 is 0 Å². The van der Waals surface area contributed by atoms with Gasteiger partial charge < -0.3 is 73.6 Å². The van der Waals surface area contributed by atoms with Crippen LogP contribution in [0.1, 0.15) is 97.3 Å². The van der Waals surface area contributed by atoms with Gasteiger partial charge in [0.2, 0.25) is 0 Å². The molecular formula is C40H70N2O36S5. The van der Waals surface area contributed by atoms with Gasteiger partial charge in [-0.2, -0.15) is 51.5 Å². The Kier molecular flexibility index (Phi) is 27.7. The molecule has 0 aromatic carbocycles. The molecule has 20 atom stereocenters. The number of hydrogen-bond donors (Lipinski definition) is 14. The molecule has 43 heteroatoms. The number of rotatable bonds is 35. The smallest absolute Gasteiger partial charge is 0.397 e. The van der Waals surface area contributed by atoms with Crippen molar-refractivity contribution in [1.29, 1.82) is 0 Å². The van der Waals surface area contributed by atoms with Crippen molar-refractivity contribution >= 4 is 69.5 Å². The van der Waals surface area contributed by atoms with Gasteiger partial charge in [-0.15, -0.1) is 0 Å². The number of Topliss-reactive ketones (excluding diaryl/α,β-unsaturated/α-hetero) is 1. The molecule has 486 valence electrons. The molecule has 0 bridgehead atoms. The Morgan fingerprint density at radius 2 is 0.880 bits per heavy atom. The van der Waals surface area contributed by atoms with Crippen LogP contribution in [0.2, 0.25) is 0 Å². The number of aliphatic hydroxyl groups excluding tert-OH is 5. The molecule has 4 heterocycles. The summed E-state index contributed by atoms with van der Waals surface area (Å²) in [4.78, 5) is 37.7. The van der Waals surface area contributed by atoms with E-state index < -0.39 is 193 Å². The zero-order valence-electron chi connectivity index (χ0n) is 43.9. The van der Waals surface area contributed by atoms with Crippen LogP contribution in [-0.2, 0) is 117 Å². The third kappa shape index (κ3) is 23.2. The number of ketones is 1. The molecule has 14 N–H and O–H groups in total. The van der Waals surface area contributed by atoms with E-state index in [4.69, 9.17) is 37.9 Å². The lowest BCUT2D eigenvalue weighted by Crippen LogP contribution is -2.70. The van der Waals surface area contributed by atoms with Crippen LogP contribution in [0.3, 0.4) is 0 Å². The molecule has 38 nitrogen and oxygen atoms in total. The molecule has 83 heavy (non-hydrogen) atoms. The monoisotopic (exact) mass is 1310 g/mol. The fraction of sp³-hybridized carbons (Fsp3) is 0.925. The van der Waals surface area contributed by atoms with Crippen molar-refractivity contribution in [3.8, 4) is 0 Å². The minimum atomic E-state index is -5.95. The van der Waals surface area contributed by atoms with E-state index in [-0.39, 0.29) is 25.2 Å². The van der Waals surface area contributed by atoms with E-state index in [0.717, 1.165) is 32.1 Å². The van der Waals surface area contributed by atoms with Gasteiger partial charge in [0.15, 0.2) is 49.6 Å². The number of carboxylic acids is 2. The molecule has 0 aromatic rings. The third-order valence-corrected chi connectivity index (χ3v) is 15.5. The molecule has 0 amide bonds. The van der Waals surface area contributed by atoms with Crippen LogP contribution in [0.5, 0.6) is 0 Å². The second-order valence-electron chi connectivity index (χ2n) is 19.3. The predicted octanol–water partition coefficient (Wildman–Crippen LogP) is -4.57. The minimum absolute atomic E-state index is 0.122. The van der Waals surface area contributed by atoms with Crippen molar-refractivity contribution in [2.24, 2.45) is 0 Å². The Morgan fingerprint density at radius 3 is 1.33 bits per heavy atom. The van der Waals surface area contributed by atoms with E-state index in [1.807, 2.05) is 0 Å². The third-order valence-electron chi connectivity index (χ3n) is 13.0. The summed E-state index contributed by atoms with van der Waals surface area (Å²) in [7, 11) is -28.4. The number of carbonyl (C=O) groups excluding carboxylic acids is 1. The van der Waals surface area contributed by atoms with Gasteiger partial charge >= 0.3 is 63.7 Å². The Bertz CT molecular complexity index is 2690. The summed E-state index contributed by atoms with van der Waals surface area (Å²) in [5.74, 6) is -4.19. The first-order valence-electron chi connectivity index (χ1n) is 25.3. The number of carbonyl (C=O) groups is 3. The van der Waals surface area contributed by atoms with Gasteiger partial charge in [-0.3, -0.25) is 27.6 Å². The minimum Gasteiger partial charge on any atom is -0.479 e. The average molecular weight is 1320 g/mol. The van der Waals surface area contributed by atoms with Crippen molar-refractivity contribution < 1.29 is 165 Å². The first kappa shape index (κ1) is 72.9. The summed E-state index contributed by atoms with van der Waals surface area (Å²) in [6.07, 6.45) is -38.1. The standard InChI is InChI=1S/C40H70N2O36S5/c1-3-5-6-8-11-14-18(43)15-12-9-7-10-13-16-68-39-31(77-82(62,63)64)26(47)29(33(75-39)35(49)50)74-38-22(42-80(56,57)58)25(46)28(20(71-38)17-69-81(59,60)61)72-40-32(78-83(65,66)67)27(48)30(34(76-40)36(51)52)73-37-21(41-79(53,54)55)24(45)23(44)19(4-2)70-37/h19-34,37-42,44-48H,3-17H2,1-2H3,(H,49,50)(H,51,52)(H,53,54,55)(H,56,57,58)(H,59,60,61)(H,62,63,64)(H,65,66,67). The van der Waals surface area contributed by atoms with Crippen LogP contribution in [0.25, 0.3) is 0 Å². The second kappa shape index (κ2) is 31.6. The molecule has 0 aliphatic carbocycles. The fourth-order valence-corrected chi connectivity index (χ4v) is 11.7. The van der Waals surface area contributed by atoms with Gasteiger partial charge in [0, 0.05) is 19.4 Å². The predicted molar refractivity (Wildman–Crippen MR) is 264 cm³/mol. The summed E-state index contributed by atoms with van der Waals surface area (Å²) in [6.45, 7) is 1.37. The number of unbranched alkanes of at least 4 members (excludes halogenated alkanes) is 8. The first-order chi connectivity index (χ1) is 38.3. The van der Waals surface area contributed by atoms with Crippen LogP contribution in [-0.4, -0.2) is 254 Å². The van der Waals surface area contributed by atoms with E-state index in [0.29, 0.717) is 38.5 Å². The van der Waals surface area contributed by atoms with Gasteiger partial charge in [-0.05, 0) is 25.7 Å². The quantitative estimate of drug-likeness (QED) is 0.0210. The zero-order valence-corrected chi connectivity index (χ0v) is 47.9. The van der Waals surface area contributed by atoms with Crippen LogP contribution in [0.4, 0.5) is 0 Å². The molecule has 0 spiro atoms. The van der Waals surface area contributed by atoms with E-state index in [1.54, 1.807) is 0 Å². The molecular weight excluding hydrogens is 1240 g/mol. The van der Waals surface area contributed by atoms with E-state index in [9.17, 15) is 115 Å². The van der Waals surface area contributed by atoms with Crippen LogP contribution < -0.4 is 9.44 Å². The maximum Gasteiger partial charge on any atom is 0.397 e. The summed E-state index contributed by atoms with van der Waals surface area (Å²) in [5.41, 5.74) is 0. The Morgan fingerprint density at radius 1 is 0.458 bits per heavy atom. The lowest BCUT2D eigenvalue weighted by Gasteiger charge is -2.49. The van der Waals surface area contributed by atoms with Crippen LogP contribution in [0.15, 0.2) is 0 Å². The van der Waals surface area contributed by atoms with Crippen molar-refractivity contribution in [1.82, 2.24) is 9.44 Å². The number of aliphatic hydroxyl groups is 5. The Balaban J connectivity index is 1.65. The highest BCUT2D eigenvalue weighted by molar-refractivity contribution is 7.84. The molecule has 4 rings (SSSR count). The van der Waals surface area contributed by atoms with Gasteiger partial charge in [-0.1, -0.05) is 58.8 Å². The molecule has 0 radical (unpaired) electrons. The molecule has 0 aromatic heterocycles. The lowest BCUT2D eigenvalue weighted by molar-refractivity contribution is -0.367. The summed E-state index contributed by atoms with van der Waals surface area (Å²) >= 11 is 0. The van der Waals surface area contributed by atoms with E-state index in [2.05, 4.69) is 19.5 Å². The zero-order chi connectivity index (χ0) is 62.6. The van der Waals surface area contributed by atoms with Gasteiger partial charge in [0.25, 0.3) is 0 Å². The topological polar surface area (TPSA) is 590 Å². The number of carboxylic acid groups (broad SMARTS) is 2. The maximum atomic E-state index is 12.8. The SMILES string of the molecule is CCCCCCCC(=O)CCCCCCCOC1OC(C(=O)O)C(OC2OC(COS(=O)(=O)O)C(OC3OC(C(=O)O)C(OC4OC(CC)C(O)C(O)C4NS(=O)(=O)O)C(O)C3OS(=O)(=O)O)C(O)C2NS(=O)(=O)O)C(O)C1OS(=O)(=O)O. The van der Waals surface area contributed by atoms with E-state index in [1.165, 1.54) is 16.4 Å². The molecule has 4 saturated heterocycles. The van der Waals surface area contributed by atoms with Crippen molar-refractivity contribution in [3.63, 3.8) is 0 Å². The first-order valence-corrected chi connectivity index (χ1v) is 32.3. The highest BCUT2D eigenvalue weighted by atomic mass is 32.3. The van der Waals surface area contributed by atoms with Gasteiger partial charge in [0.1, 0.15) is 72.8 Å². The second-order valence-corrected chi connectivity index (χ2v) is 24.9. The molecule has 0 saturated carbocycles. The Hall–Kier alpha value is -2.56. The average Bonchev–Trinajstić information content (AvgIpc) is 3.26. The summed E-state index contributed by atoms with van der Waals surface area (Å²) < 4.78 is 229. The maximum absolute atomic E-state index is 12.8.